The number of carbonyl (C=O) groups is 2. The van der Waals surface area contributed by atoms with Gasteiger partial charge in [0.15, 0.2) is 16.1 Å². The maximum absolute atomic E-state index is 13.0. The summed E-state index contributed by atoms with van der Waals surface area (Å²) in [6.07, 6.45) is 2.29. The SMILES string of the molecule is CCn1c(SCC(=O)Nc2nccs2)nnc1[C@@H](CC(C)C)NC(=O)c1ccc(Cl)cc1Cl. The second kappa shape index (κ2) is 11.8. The van der Waals surface area contributed by atoms with Crippen molar-refractivity contribution in [3.05, 3.63) is 51.2 Å². The smallest absolute Gasteiger partial charge is 0.253 e. The maximum atomic E-state index is 13.0. The number of hydrogen-bond acceptors (Lipinski definition) is 7. The zero-order valence-electron chi connectivity index (χ0n) is 18.3. The first kappa shape index (κ1) is 25.5. The van der Waals surface area contributed by atoms with Gasteiger partial charge in [-0.2, -0.15) is 0 Å². The molecule has 8 nitrogen and oxygen atoms in total. The number of carbonyl (C=O) groups excluding carboxylic acids is 2. The highest BCUT2D eigenvalue weighted by molar-refractivity contribution is 7.99. The van der Waals surface area contributed by atoms with Crippen LogP contribution in [0.5, 0.6) is 0 Å². The molecule has 33 heavy (non-hydrogen) atoms. The highest BCUT2D eigenvalue weighted by atomic mass is 35.5. The van der Waals surface area contributed by atoms with Gasteiger partial charge in [-0.1, -0.05) is 48.8 Å². The molecule has 0 spiro atoms. The molecule has 1 aromatic carbocycles. The first-order valence-electron chi connectivity index (χ1n) is 10.3. The van der Waals surface area contributed by atoms with Gasteiger partial charge in [0.1, 0.15) is 0 Å². The summed E-state index contributed by atoms with van der Waals surface area (Å²) < 4.78 is 1.91. The van der Waals surface area contributed by atoms with E-state index in [-0.39, 0.29) is 34.5 Å². The third-order valence-electron chi connectivity index (χ3n) is 4.57. The molecule has 12 heteroatoms. The molecule has 1 atom stereocenters. The summed E-state index contributed by atoms with van der Waals surface area (Å²) in [6, 6.07) is 4.38. The number of anilines is 1. The number of amides is 2. The minimum atomic E-state index is -0.379. The van der Waals surface area contributed by atoms with E-state index in [0.29, 0.717) is 39.7 Å². The van der Waals surface area contributed by atoms with Gasteiger partial charge in [-0.15, -0.1) is 21.5 Å². The van der Waals surface area contributed by atoms with E-state index >= 15 is 0 Å². The third kappa shape index (κ3) is 6.92. The number of aromatic nitrogens is 4. The van der Waals surface area contributed by atoms with Crippen molar-refractivity contribution in [3.8, 4) is 0 Å². The van der Waals surface area contributed by atoms with Crippen molar-refractivity contribution >= 4 is 63.2 Å². The monoisotopic (exact) mass is 526 g/mol. The van der Waals surface area contributed by atoms with Crippen LogP contribution in [0.1, 0.15) is 49.4 Å². The molecular weight excluding hydrogens is 503 g/mol. The standard InChI is InChI=1S/C21H24Cl2N6O2S2/c1-4-29-18(27-28-21(29)33-11-17(30)26-20-24-7-8-32-20)16(9-12(2)3)25-19(31)14-6-5-13(22)10-15(14)23/h5-8,10,12,16H,4,9,11H2,1-3H3,(H,25,31)(H,24,26,30)/t16-/m1/s1. The zero-order chi connectivity index (χ0) is 24.0. The summed E-state index contributed by atoms with van der Waals surface area (Å²) in [5.41, 5.74) is 0.339. The Hall–Kier alpha value is -2.14. The number of benzene rings is 1. The van der Waals surface area contributed by atoms with Crippen LogP contribution in [0.2, 0.25) is 10.0 Å². The van der Waals surface area contributed by atoms with Crippen LogP contribution in [0, 0.1) is 5.92 Å². The van der Waals surface area contributed by atoms with Crippen LogP contribution < -0.4 is 10.6 Å². The lowest BCUT2D eigenvalue weighted by Gasteiger charge is -2.21. The number of nitrogens with one attached hydrogen (secondary N) is 2. The van der Waals surface area contributed by atoms with E-state index in [9.17, 15) is 9.59 Å². The fourth-order valence-corrected chi connectivity index (χ4v) is 4.99. The van der Waals surface area contributed by atoms with E-state index in [1.54, 1.807) is 23.7 Å². The number of thiazole rings is 1. The van der Waals surface area contributed by atoms with E-state index in [4.69, 9.17) is 23.2 Å². The van der Waals surface area contributed by atoms with Gasteiger partial charge in [-0.05, 0) is 37.5 Å². The Morgan fingerprint density at radius 3 is 2.67 bits per heavy atom. The summed E-state index contributed by atoms with van der Waals surface area (Å²) in [5.74, 6) is 0.599. The average Bonchev–Trinajstić information content (AvgIpc) is 3.40. The van der Waals surface area contributed by atoms with Crippen LogP contribution in [0.4, 0.5) is 5.13 Å². The van der Waals surface area contributed by atoms with Crippen LogP contribution >= 0.6 is 46.3 Å². The Kier molecular flexibility index (Phi) is 9.13. The quantitative estimate of drug-likeness (QED) is 0.347. The van der Waals surface area contributed by atoms with Crippen molar-refractivity contribution < 1.29 is 9.59 Å². The fraction of sp³-hybridized carbons (Fsp3) is 0.381. The Balaban J connectivity index is 1.76. The lowest BCUT2D eigenvalue weighted by molar-refractivity contribution is -0.113. The van der Waals surface area contributed by atoms with Crippen LogP contribution in [-0.4, -0.2) is 37.3 Å². The molecule has 0 aliphatic carbocycles. The lowest BCUT2D eigenvalue weighted by atomic mass is 10.0. The molecule has 0 aliphatic heterocycles. The maximum Gasteiger partial charge on any atom is 0.253 e. The molecule has 0 aliphatic rings. The number of rotatable bonds is 10. The normalized spacial score (nSPS) is 12.1. The van der Waals surface area contributed by atoms with Crippen LogP contribution in [0.15, 0.2) is 34.9 Å². The Labute approximate surface area is 210 Å². The van der Waals surface area contributed by atoms with Gasteiger partial charge in [-0.3, -0.25) is 9.59 Å². The fourth-order valence-electron chi connectivity index (χ4n) is 3.14. The van der Waals surface area contributed by atoms with Gasteiger partial charge < -0.3 is 15.2 Å². The molecule has 0 radical (unpaired) electrons. The summed E-state index contributed by atoms with van der Waals surface area (Å²) in [6.45, 7) is 6.70. The predicted octanol–water partition coefficient (Wildman–Crippen LogP) is 5.31. The van der Waals surface area contributed by atoms with Crippen LogP contribution in [0.3, 0.4) is 0 Å². The minimum Gasteiger partial charge on any atom is -0.342 e. The molecule has 2 aromatic heterocycles. The minimum absolute atomic E-state index is 0.166. The van der Waals surface area contributed by atoms with Gasteiger partial charge in [0.25, 0.3) is 5.91 Å². The van der Waals surface area contributed by atoms with Crippen molar-refractivity contribution in [1.82, 2.24) is 25.1 Å². The second-order valence-electron chi connectivity index (χ2n) is 7.54. The summed E-state index contributed by atoms with van der Waals surface area (Å²) in [7, 11) is 0. The summed E-state index contributed by atoms with van der Waals surface area (Å²) in [5, 5.41) is 18.1. The zero-order valence-corrected chi connectivity index (χ0v) is 21.5. The van der Waals surface area contributed by atoms with Gasteiger partial charge >= 0.3 is 0 Å². The summed E-state index contributed by atoms with van der Waals surface area (Å²) >= 11 is 14.8. The Bertz CT molecular complexity index is 1100. The molecule has 2 heterocycles. The molecule has 0 bridgehead atoms. The topological polar surface area (TPSA) is 102 Å². The van der Waals surface area contributed by atoms with Gasteiger partial charge in [0, 0.05) is 23.1 Å². The molecular formula is C21H24Cl2N6O2S2. The van der Waals surface area contributed by atoms with E-state index in [0.717, 1.165) is 0 Å². The average molecular weight is 528 g/mol. The van der Waals surface area contributed by atoms with Crippen LogP contribution in [0.25, 0.3) is 0 Å². The molecule has 3 rings (SSSR count). The third-order valence-corrected chi connectivity index (χ3v) is 6.78. The number of thioether (sulfide) groups is 1. The summed E-state index contributed by atoms with van der Waals surface area (Å²) in [4.78, 5) is 29.2. The van der Waals surface area contributed by atoms with E-state index in [1.807, 2.05) is 11.5 Å². The van der Waals surface area contributed by atoms with Crippen LogP contribution in [-0.2, 0) is 11.3 Å². The highest BCUT2D eigenvalue weighted by Crippen LogP contribution is 2.27. The molecule has 0 fully saturated rings. The Morgan fingerprint density at radius 1 is 1.24 bits per heavy atom. The van der Waals surface area contributed by atoms with Crippen molar-refractivity contribution in [3.63, 3.8) is 0 Å². The van der Waals surface area contributed by atoms with E-state index in [1.165, 1.54) is 29.2 Å². The van der Waals surface area contributed by atoms with Gasteiger partial charge in [0.2, 0.25) is 5.91 Å². The molecule has 0 saturated heterocycles. The number of hydrogen-bond donors (Lipinski definition) is 2. The number of nitrogens with zero attached hydrogens (tertiary/aromatic N) is 4. The van der Waals surface area contributed by atoms with Crippen molar-refractivity contribution in [1.29, 1.82) is 0 Å². The number of halogens is 2. The molecule has 3 aromatic rings. The molecule has 2 N–H and O–H groups in total. The van der Waals surface area contributed by atoms with Gasteiger partial charge in [-0.25, -0.2) is 4.98 Å². The molecule has 176 valence electrons. The lowest BCUT2D eigenvalue weighted by Crippen LogP contribution is -2.31. The Morgan fingerprint density at radius 2 is 2.03 bits per heavy atom. The predicted molar refractivity (Wildman–Crippen MR) is 133 cm³/mol. The molecule has 0 saturated carbocycles. The second-order valence-corrected chi connectivity index (χ2v) is 10.2. The largest absolute Gasteiger partial charge is 0.342 e. The van der Waals surface area contributed by atoms with Crippen molar-refractivity contribution in [2.45, 2.75) is 44.9 Å². The molecule has 2 amide bonds. The van der Waals surface area contributed by atoms with Crippen molar-refractivity contribution in [2.75, 3.05) is 11.1 Å². The first-order chi connectivity index (χ1) is 15.8. The van der Waals surface area contributed by atoms with E-state index in [2.05, 4.69) is 39.7 Å². The first-order valence-corrected chi connectivity index (χ1v) is 12.9. The van der Waals surface area contributed by atoms with Crippen molar-refractivity contribution in [2.24, 2.45) is 5.92 Å². The van der Waals surface area contributed by atoms with E-state index < -0.39 is 0 Å². The van der Waals surface area contributed by atoms with Gasteiger partial charge in [0.05, 0.1) is 22.4 Å². The molecule has 0 unspecified atom stereocenters. The highest BCUT2D eigenvalue weighted by Gasteiger charge is 2.25.